The number of halogens is 3. The monoisotopic (exact) mass is 261 g/mol. The lowest BCUT2D eigenvalue weighted by Gasteiger charge is -2.14. The van der Waals surface area contributed by atoms with E-state index in [1.54, 1.807) is 0 Å². The number of amides is 1. The van der Waals surface area contributed by atoms with Gasteiger partial charge in [0.15, 0.2) is 0 Å². The maximum absolute atomic E-state index is 12.7. The Bertz CT molecular complexity index is 486. The molecule has 0 saturated heterocycles. The molecule has 0 aliphatic carbocycles. The molecule has 18 heavy (non-hydrogen) atoms. The number of nitrogens with one attached hydrogen (secondary N) is 3. The third-order valence-corrected chi connectivity index (χ3v) is 2.04. The first kappa shape index (κ1) is 14.0. The zero-order chi connectivity index (χ0) is 13.9. The molecule has 0 fully saturated rings. The van der Waals surface area contributed by atoms with Crippen LogP contribution in [0.1, 0.15) is 18.1 Å². The van der Waals surface area contributed by atoms with E-state index in [1.807, 2.05) is 0 Å². The average Bonchev–Trinajstić information content (AvgIpc) is 2.26. The van der Waals surface area contributed by atoms with Gasteiger partial charge in [0.25, 0.3) is 0 Å². The highest BCUT2D eigenvalue weighted by Crippen LogP contribution is 2.35. The number of carbonyl (C=O) groups excluding carboxylic acids is 1. The van der Waals surface area contributed by atoms with Gasteiger partial charge in [-0.2, -0.15) is 13.2 Å². The van der Waals surface area contributed by atoms with Crippen molar-refractivity contribution in [2.24, 2.45) is 0 Å². The molecule has 0 heterocycles. The van der Waals surface area contributed by atoms with Crippen LogP contribution in [0.5, 0.6) is 0 Å². The van der Waals surface area contributed by atoms with E-state index in [0.29, 0.717) is 6.07 Å². The van der Waals surface area contributed by atoms with Crippen molar-refractivity contribution >= 4 is 17.4 Å². The molecule has 98 valence electrons. The van der Waals surface area contributed by atoms with Crippen molar-refractivity contribution in [1.29, 1.82) is 5.41 Å². The predicted molar refractivity (Wildman–Crippen MR) is 57.5 cm³/mol. The average molecular weight is 261 g/mol. The van der Waals surface area contributed by atoms with Crippen molar-refractivity contribution < 1.29 is 23.2 Å². The van der Waals surface area contributed by atoms with Gasteiger partial charge >= 0.3 is 6.18 Å². The summed E-state index contributed by atoms with van der Waals surface area (Å²) in [4.78, 5) is 10.8. The van der Waals surface area contributed by atoms with Gasteiger partial charge in [0.05, 0.1) is 11.3 Å². The number of hydroxylamine groups is 1. The second-order valence-electron chi connectivity index (χ2n) is 3.43. The highest BCUT2D eigenvalue weighted by molar-refractivity contribution is 5.97. The van der Waals surface area contributed by atoms with Crippen molar-refractivity contribution in [2.75, 3.05) is 5.32 Å². The van der Waals surface area contributed by atoms with Gasteiger partial charge in [0.2, 0.25) is 5.91 Å². The molecule has 0 aromatic heterocycles. The molecule has 5 nitrogen and oxygen atoms in total. The molecular formula is C10H10F3N3O2. The minimum Gasteiger partial charge on any atom is -0.326 e. The number of rotatable bonds is 2. The number of alkyl halides is 3. The Hall–Kier alpha value is -2.09. The van der Waals surface area contributed by atoms with Crippen molar-refractivity contribution in [3.63, 3.8) is 0 Å². The van der Waals surface area contributed by atoms with E-state index in [-0.39, 0.29) is 5.56 Å². The Morgan fingerprint density at radius 1 is 1.39 bits per heavy atom. The fraction of sp³-hybridized carbons (Fsp3) is 0.200. The number of hydrogen-bond donors (Lipinski definition) is 4. The van der Waals surface area contributed by atoms with Gasteiger partial charge in [-0.3, -0.25) is 20.9 Å². The van der Waals surface area contributed by atoms with Crippen molar-refractivity contribution in [1.82, 2.24) is 5.48 Å². The minimum absolute atomic E-state index is 0.154. The molecule has 1 aromatic rings. The molecule has 0 atom stereocenters. The van der Waals surface area contributed by atoms with Crippen LogP contribution in [0.15, 0.2) is 18.2 Å². The molecule has 0 aliphatic heterocycles. The van der Waals surface area contributed by atoms with Crippen LogP contribution < -0.4 is 10.8 Å². The number of amidine groups is 1. The molecule has 0 spiro atoms. The number of anilines is 1. The second kappa shape index (κ2) is 5.05. The molecule has 0 bridgehead atoms. The largest absolute Gasteiger partial charge is 0.418 e. The quantitative estimate of drug-likeness (QED) is 0.373. The first-order valence-corrected chi connectivity index (χ1v) is 4.73. The lowest BCUT2D eigenvalue weighted by molar-refractivity contribution is -0.137. The van der Waals surface area contributed by atoms with Gasteiger partial charge < -0.3 is 5.32 Å². The molecular weight excluding hydrogens is 251 g/mol. The summed E-state index contributed by atoms with van der Waals surface area (Å²) in [6, 6.07) is 2.86. The maximum atomic E-state index is 12.7. The van der Waals surface area contributed by atoms with E-state index in [0.717, 1.165) is 13.0 Å². The fourth-order valence-corrected chi connectivity index (χ4v) is 1.30. The Morgan fingerprint density at radius 3 is 2.44 bits per heavy atom. The summed E-state index contributed by atoms with van der Waals surface area (Å²) >= 11 is 0. The van der Waals surface area contributed by atoms with Gasteiger partial charge in [-0.05, 0) is 18.2 Å². The Morgan fingerprint density at radius 2 is 2.00 bits per heavy atom. The van der Waals surface area contributed by atoms with Gasteiger partial charge in [-0.25, -0.2) is 0 Å². The van der Waals surface area contributed by atoms with Crippen LogP contribution >= 0.6 is 0 Å². The number of carbonyl (C=O) groups is 1. The summed E-state index contributed by atoms with van der Waals surface area (Å²) in [6.07, 6.45) is -4.68. The van der Waals surface area contributed by atoms with Gasteiger partial charge in [-0.1, -0.05) is 0 Å². The van der Waals surface area contributed by atoms with E-state index in [4.69, 9.17) is 10.6 Å². The van der Waals surface area contributed by atoms with Crippen molar-refractivity contribution in [3.05, 3.63) is 29.3 Å². The van der Waals surface area contributed by atoms with E-state index in [2.05, 4.69) is 5.32 Å². The molecule has 0 unspecified atom stereocenters. The maximum Gasteiger partial charge on any atom is 0.418 e. The summed E-state index contributed by atoms with van der Waals surface area (Å²) in [5.41, 5.74) is -0.191. The van der Waals surface area contributed by atoms with Gasteiger partial charge in [0.1, 0.15) is 5.84 Å². The van der Waals surface area contributed by atoms with Crippen LogP contribution in [0.25, 0.3) is 0 Å². The molecule has 8 heteroatoms. The number of hydrogen-bond acceptors (Lipinski definition) is 3. The van der Waals surface area contributed by atoms with Crippen LogP contribution in [0.2, 0.25) is 0 Å². The molecule has 1 amide bonds. The third kappa shape index (κ3) is 3.20. The summed E-state index contributed by atoms with van der Waals surface area (Å²) < 4.78 is 38.2. The van der Waals surface area contributed by atoms with E-state index < -0.39 is 29.2 Å². The minimum atomic E-state index is -4.68. The number of benzene rings is 1. The summed E-state index contributed by atoms with van der Waals surface area (Å²) in [7, 11) is 0. The standard InChI is InChI=1S/C10H10F3N3O2/c1-5(17)15-8-3-2-6(9(14)16-18)4-7(8)10(11,12)13/h2-4,18H,1H3,(H2,14,16)(H,15,17). The topological polar surface area (TPSA) is 85.2 Å². The van der Waals surface area contributed by atoms with Crippen molar-refractivity contribution in [3.8, 4) is 0 Å². The van der Waals surface area contributed by atoms with Crippen LogP contribution in [0.4, 0.5) is 18.9 Å². The molecule has 0 radical (unpaired) electrons. The molecule has 0 saturated carbocycles. The van der Waals surface area contributed by atoms with Crippen LogP contribution in [-0.2, 0) is 11.0 Å². The summed E-state index contributed by atoms with van der Waals surface area (Å²) in [5.74, 6) is -1.21. The SMILES string of the molecule is CC(=O)Nc1ccc(C(=N)NO)cc1C(F)(F)F. The predicted octanol–water partition coefficient (Wildman–Crippen LogP) is 1.97. The van der Waals surface area contributed by atoms with Gasteiger partial charge in [-0.15, -0.1) is 0 Å². The fourth-order valence-electron chi connectivity index (χ4n) is 1.30. The Labute approximate surface area is 100 Å². The smallest absolute Gasteiger partial charge is 0.326 e. The van der Waals surface area contributed by atoms with E-state index >= 15 is 0 Å². The second-order valence-corrected chi connectivity index (χ2v) is 3.43. The van der Waals surface area contributed by atoms with E-state index in [1.165, 1.54) is 11.5 Å². The Balaban J connectivity index is 3.29. The molecule has 4 N–H and O–H groups in total. The summed E-state index contributed by atoms with van der Waals surface area (Å²) in [6.45, 7) is 1.09. The molecule has 1 rings (SSSR count). The normalized spacial score (nSPS) is 10.9. The van der Waals surface area contributed by atoms with Crippen LogP contribution in [0.3, 0.4) is 0 Å². The molecule has 1 aromatic carbocycles. The zero-order valence-electron chi connectivity index (χ0n) is 9.22. The molecule has 0 aliphatic rings. The van der Waals surface area contributed by atoms with Crippen molar-refractivity contribution in [2.45, 2.75) is 13.1 Å². The highest BCUT2D eigenvalue weighted by Gasteiger charge is 2.34. The Kier molecular flexibility index (Phi) is 3.92. The zero-order valence-corrected chi connectivity index (χ0v) is 9.22. The third-order valence-electron chi connectivity index (χ3n) is 2.04. The van der Waals surface area contributed by atoms with Gasteiger partial charge in [0, 0.05) is 12.5 Å². The first-order valence-electron chi connectivity index (χ1n) is 4.73. The highest BCUT2D eigenvalue weighted by atomic mass is 19.4. The van der Waals surface area contributed by atoms with Crippen LogP contribution in [-0.4, -0.2) is 17.0 Å². The first-order chi connectivity index (χ1) is 8.25. The van der Waals surface area contributed by atoms with Crippen LogP contribution in [0, 0.1) is 5.41 Å². The lowest BCUT2D eigenvalue weighted by atomic mass is 10.1. The summed E-state index contributed by atoms with van der Waals surface area (Å²) in [5, 5.41) is 17.7. The lowest BCUT2D eigenvalue weighted by Crippen LogP contribution is -2.20. The van der Waals surface area contributed by atoms with E-state index in [9.17, 15) is 18.0 Å².